The molecule has 20 heavy (non-hydrogen) atoms. The molecule has 0 aliphatic carbocycles. The molecule has 0 heterocycles. The number of benzene rings is 1. The number of carbonyl (C=O) groups excluding carboxylic acids is 1. The van der Waals surface area contributed by atoms with Crippen LogP contribution in [0.1, 0.15) is 31.1 Å². The first kappa shape index (κ1) is 16.7. The summed E-state index contributed by atoms with van der Waals surface area (Å²) in [6, 6.07) is 5.90. The van der Waals surface area contributed by atoms with Gasteiger partial charge < -0.3 is 4.74 Å². The van der Waals surface area contributed by atoms with E-state index in [1.807, 2.05) is 20.8 Å². The maximum absolute atomic E-state index is 12.6. The van der Waals surface area contributed by atoms with E-state index in [-0.39, 0.29) is 22.4 Å². The van der Waals surface area contributed by atoms with Crippen molar-refractivity contribution in [2.24, 2.45) is 5.92 Å². The number of nitrogens with zero attached hydrogens (tertiary/aromatic N) is 1. The van der Waals surface area contributed by atoms with Crippen LogP contribution < -0.4 is 0 Å². The number of rotatable bonds is 5. The molecule has 1 atom stereocenters. The Morgan fingerprint density at radius 1 is 1.20 bits per heavy atom. The third-order valence-corrected chi connectivity index (χ3v) is 5.49. The van der Waals surface area contributed by atoms with E-state index in [0.29, 0.717) is 0 Å². The normalized spacial score (nSPS) is 13.6. The molecular formula is C14H21NO4S. The predicted molar refractivity (Wildman–Crippen MR) is 77.0 cm³/mol. The molecule has 112 valence electrons. The van der Waals surface area contributed by atoms with Crippen molar-refractivity contribution in [1.82, 2.24) is 4.31 Å². The molecular weight excluding hydrogens is 278 g/mol. The van der Waals surface area contributed by atoms with Crippen molar-refractivity contribution in [1.29, 1.82) is 0 Å². The fourth-order valence-electron chi connectivity index (χ4n) is 1.76. The number of carbonyl (C=O) groups is 1. The molecule has 0 bridgehead atoms. The van der Waals surface area contributed by atoms with Gasteiger partial charge in [0.1, 0.15) is 0 Å². The van der Waals surface area contributed by atoms with Crippen LogP contribution in [0.2, 0.25) is 0 Å². The monoisotopic (exact) mass is 299 g/mol. The average Bonchev–Trinajstić information content (AvgIpc) is 2.44. The second-order valence-electron chi connectivity index (χ2n) is 4.99. The highest BCUT2D eigenvalue weighted by Gasteiger charge is 2.30. The van der Waals surface area contributed by atoms with Gasteiger partial charge in [0.15, 0.2) is 0 Å². The summed E-state index contributed by atoms with van der Waals surface area (Å²) in [5, 5.41) is 0. The molecule has 0 N–H and O–H groups in total. The van der Waals surface area contributed by atoms with Crippen LogP contribution in [0.25, 0.3) is 0 Å². The number of esters is 1. The first-order valence-corrected chi connectivity index (χ1v) is 7.82. The molecule has 0 saturated heterocycles. The van der Waals surface area contributed by atoms with Crippen LogP contribution in [0.15, 0.2) is 29.2 Å². The van der Waals surface area contributed by atoms with E-state index < -0.39 is 16.0 Å². The Morgan fingerprint density at radius 3 is 2.25 bits per heavy atom. The minimum Gasteiger partial charge on any atom is -0.465 e. The summed E-state index contributed by atoms with van der Waals surface area (Å²) in [6.07, 6.45) is 0. The number of sulfonamides is 1. The molecule has 1 aromatic rings. The van der Waals surface area contributed by atoms with Gasteiger partial charge in [-0.1, -0.05) is 26.0 Å². The third kappa shape index (κ3) is 3.19. The maximum Gasteiger partial charge on any atom is 0.339 e. The largest absolute Gasteiger partial charge is 0.465 e. The second kappa shape index (κ2) is 6.37. The SMILES string of the molecule is COC(=O)c1ccccc1S(=O)(=O)N(C)C(C)C(C)C. The summed E-state index contributed by atoms with van der Waals surface area (Å²) in [5.74, 6) is -0.491. The molecule has 1 rings (SSSR count). The zero-order chi connectivity index (χ0) is 15.5. The molecule has 0 fully saturated rings. The Hall–Kier alpha value is -1.40. The van der Waals surface area contributed by atoms with E-state index in [0.717, 1.165) is 0 Å². The zero-order valence-corrected chi connectivity index (χ0v) is 13.3. The number of methoxy groups -OCH3 is 1. The van der Waals surface area contributed by atoms with Crippen LogP contribution in [-0.2, 0) is 14.8 Å². The second-order valence-corrected chi connectivity index (χ2v) is 6.96. The van der Waals surface area contributed by atoms with Gasteiger partial charge in [-0.25, -0.2) is 13.2 Å². The van der Waals surface area contributed by atoms with Crippen molar-refractivity contribution in [2.75, 3.05) is 14.2 Å². The summed E-state index contributed by atoms with van der Waals surface area (Å²) >= 11 is 0. The lowest BCUT2D eigenvalue weighted by atomic mass is 10.1. The molecule has 0 aliphatic rings. The van der Waals surface area contributed by atoms with Gasteiger partial charge in [0.2, 0.25) is 10.0 Å². The molecule has 0 amide bonds. The van der Waals surface area contributed by atoms with Gasteiger partial charge in [-0.3, -0.25) is 0 Å². The molecule has 0 saturated carbocycles. The lowest BCUT2D eigenvalue weighted by Gasteiger charge is -2.27. The minimum absolute atomic E-state index is 0.0261. The standard InChI is InChI=1S/C14H21NO4S/c1-10(2)11(3)15(4)20(17,18)13-9-7-6-8-12(13)14(16)19-5/h6-11H,1-5H3. The average molecular weight is 299 g/mol. The topological polar surface area (TPSA) is 63.7 Å². The first-order chi connectivity index (χ1) is 9.23. The fourth-order valence-corrected chi connectivity index (χ4v) is 3.44. The highest BCUT2D eigenvalue weighted by Crippen LogP contribution is 2.23. The van der Waals surface area contributed by atoms with Crippen molar-refractivity contribution in [3.63, 3.8) is 0 Å². The molecule has 0 radical (unpaired) electrons. The van der Waals surface area contributed by atoms with Crippen molar-refractivity contribution in [3.05, 3.63) is 29.8 Å². The van der Waals surface area contributed by atoms with Crippen molar-refractivity contribution in [2.45, 2.75) is 31.7 Å². The van der Waals surface area contributed by atoms with Crippen LogP contribution in [0.3, 0.4) is 0 Å². The van der Waals surface area contributed by atoms with E-state index in [1.54, 1.807) is 12.1 Å². The Bertz CT molecular complexity index is 581. The van der Waals surface area contributed by atoms with Crippen molar-refractivity contribution in [3.8, 4) is 0 Å². The van der Waals surface area contributed by atoms with Gasteiger partial charge in [-0.2, -0.15) is 4.31 Å². The van der Waals surface area contributed by atoms with E-state index in [9.17, 15) is 13.2 Å². The highest BCUT2D eigenvalue weighted by atomic mass is 32.2. The van der Waals surface area contributed by atoms with Crippen LogP contribution in [0, 0.1) is 5.92 Å². The molecule has 1 unspecified atom stereocenters. The van der Waals surface area contributed by atoms with E-state index in [4.69, 9.17) is 0 Å². The van der Waals surface area contributed by atoms with Gasteiger partial charge in [-0.15, -0.1) is 0 Å². The van der Waals surface area contributed by atoms with Crippen LogP contribution in [0.4, 0.5) is 0 Å². The van der Waals surface area contributed by atoms with Gasteiger partial charge in [0.05, 0.1) is 17.6 Å². The summed E-state index contributed by atoms with van der Waals surface area (Å²) < 4.78 is 31.2. The Morgan fingerprint density at radius 2 is 1.75 bits per heavy atom. The summed E-state index contributed by atoms with van der Waals surface area (Å²) in [6.45, 7) is 5.73. The van der Waals surface area contributed by atoms with Gasteiger partial charge in [0.25, 0.3) is 0 Å². The first-order valence-electron chi connectivity index (χ1n) is 6.38. The Labute approximate surface area is 120 Å². The Kier molecular flexibility index (Phi) is 5.30. The molecule has 0 aromatic heterocycles. The van der Waals surface area contributed by atoms with E-state index in [2.05, 4.69) is 4.74 Å². The lowest BCUT2D eigenvalue weighted by Crippen LogP contribution is -2.38. The van der Waals surface area contributed by atoms with Crippen molar-refractivity contribution < 1.29 is 17.9 Å². The van der Waals surface area contributed by atoms with E-state index in [1.165, 1.54) is 30.6 Å². The number of ether oxygens (including phenoxy) is 1. The van der Waals surface area contributed by atoms with Crippen LogP contribution in [-0.4, -0.2) is 38.9 Å². The molecule has 0 spiro atoms. The smallest absolute Gasteiger partial charge is 0.339 e. The van der Waals surface area contributed by atoms with E-state index >= 15 is 0 Å². The molecule has 5 nitrogen and oxygen atoms in total. The van der Waals surface area contributed by atoms with Crippen LogP contribution >= 0.6 is 0 Å². The lowest BCUT2D eigenvalue weighted by molar-refractivity contribution is 0.0596. The number of hydrogen-bond donors (Lipinski definition) is 0. The number of hydrogen-bond acceptors (Lipinski definition) is 4. The minimum atomic E-state index is -3.74. The van der Waals surface area contributed by atoms with Gasteiger partial charge >= 0.3 is 5.97 Å². The van der Waals surface area contributed by atoms with Crippen molar-refractivity contribution >= 4 is 16.0 Å². The Balaban J connectivity index is 3.33. The third-order valence-electron chi connectivity index (χ3n) is 3.49. The molecule has 1 aromatic carbocycles. The van der Waals surface area contributed by atoms with Gasteiger partial charge in [0, 0.05) is 13.1 Å². The summed E-state index contributed by atoms with van der Waals surface area (Å²) in [4.78, 5) is 11.7. The summed E-state index contributed by atoms with van der Waals surface area (Å²) in [5.41, 5.74) is 0.0535. The summed E-state index contributed by atoms with van der Waals surface area (Å²) in [7, 11) is -0.986. The quantitative estimate of drug-likeness (QED) is 0.781. The van der Waals surface area contributed by atoms with Gasteiger partial charge in [-0.05, 0) is 25.0 Å². The van der Waals surface area contributed by atoms with Crippen LogP contribution in [0.5, 0.6) is 0 Å². The zero-order valence-electron chi connectivity index (χ0n) is 12.5. The fraction of sp³-hybridized carbons (Fsp3) is 0.500. The molecule has 6 heteroatoms. The highest BCUT2D eigenvalue weighted by molar-refractivity contribution is 7.89. The predicted octanol–water partition coefficient (Wildman–Crippen LogP) is 2.14. The molecule has 0 aliphatic heterocycles. The maximum atomic E-state index is 12.6.